The SMILES string of the molecule is Cc1ccc(C=NNC(=O)Cc2ccc(Br)c3ccccc23)s1. The van der Waals surface area contributed by atoms with E-state index in [-0.39, 0.29) is 5.91 Å². The zero-order valence-electron chi connectivity index (χ0n) is 12.5. The highest BCUT2D eigenvalue weighted by Gasteiger charge is 2.08. The number of carbonyl (C=O) groups is 1. The second kappa shape index (κ2) is 7.06. The average Bonchev–Trinajstić information content (AvgIpc) is 2.96. The fraction of sp³-hybridized carbons (Fsp3) is 0.111. The smallest absolute Gasteiger partial charge is 0.244 e. The molecule has 0 radical (unpaired) electrons. The first kappa shape index (κ1) is 15.9. The van der Waals surface area contributed by atoms with Gasteiger partial charge in [0.25, 0.3) is 0 Å². The molecule has 0 unspecified atom stereocenters. The summed E-state index contributed by atoms with van der Waals surface area (Å²) < 4.78 is 1.03. The van der Waals surface area contributed by atoms with E-state index in [9.17, 15) is 4.79 Å². The van der Waals surface area contributed by atoms with Crippen molar-refractivity contribution in [2.24, 2.45) is 5.10 Å². The number of benzene rings is 2. The first-order valence-electron chi connectivity index (χ1n) is 7.18. The number of hydrazone groups is 1. The van der Waals surface area contributed by atoms with Crippen LogP contribution < -0.4 is 5.43 Å². The first-order valence-corrected chi connectivity index (χ1v) is 8.79. The van der Waals surface area contributed by atoms with Crippen LogP contribution in [-0.2, 0) is 11.2 Å². The number of nitrogens with one attached hydrogen (secondary N) is 1. The Bertz CT molecular complexity index is 886. The van der Waals surface area contributed by atoms with Gasteiger partial charge < -0.3 is 0 Å². The molecule has 0 atom stereocenters. The van der Waals surface area contributed by atoms with Crippen molar-refractivity contribution in [3.05, 3.63) is 68.3 Å². The number of halogens is 1. The number of carbonyl (C=O) groups excluding carboxylic acids is 1. The van der Waals surface area contributed by atoms with Crippen LogP contribution in [0.25, 0.3) is 10.8 Å². The van der Waals surface area contributed by atoms with Gasteiger partial charge in [0.15, 0.2) is 0 Å². The van der Waals surface area contributed by atoms with E-state index in [1.807, 2.05) is 55.5 Å². The molecule has 23 heavy (non-hydrogen) atoms. The van der Waals surface area contributed by atoms with Gasteiger partial charge in [-0.05, 0) is 41.5 Å². The lowest BCUT2D eigenvalue weighted by molar-refractivity contribution is -0.120. The summed E-state index contributed by atoms with van der Waals surface area (Å²) in [7, 11) is 0. The highest BCUT2D eigenvalue weighted by molar-refractivity contribution is 9.10. The predicted octanol–water partition coefficient (Wildman–Crippen LogP) is 4.67. The minimum absolute atomic E-state index is 0.123. The molecule has 0 saturated heterocycles. The Labute approximate surface area is 147 Å². The van der Waals surface area contributed by atoms with Gasteiger partial charge in [-0.3, -0.25) is 4.79 Å². The number of amides is 1. The van der Waals surface area contributed by atoms with Crippen LogP contribution in [0.1, 0.15) is 15.3 Å². The van der Waals surface area contributed by atoms with E-state index < -0.39 is 0 Å². The Kier molecular flexibility index (Phi) is 4.88. The molecule has 0 saturated carbocycles. The Balaban J connectivity index is 1.71. The third kappa shape index (κ3) is 3.86. The van der Waals surface area contributed by atoms with Crippen LogP contribution >= 0.6 is 27.3 Å². The van der Waals surface area contributed by atoms with Crippen LogP contribution in [0.15, 0.2) is 58.1 Å². The molecule has 0 aliphatic carbocycles. The molecule has 116 valence electrons. The van der Waals surface area contributed by atoms with Crippen LogP contribution in [0.5, 0.6) is 0 Å². The van der Waals surface area contributed by atoms with Gasteiger partial charge in [0.2, 0.25) is 5.91 Å². The van der Waals surface area contributed by atoms with Crippen LogP contribution in [0.2, 0.25) is 0 Å². The summed E-state index contributed by atoms with van der Waals surface area (Å²) in [6, 6.07) is 16.0. The van der Waals surface area contributed by atoms with Gasteiger partial charge in [-0.2, -0.15) is 5.10 Å². The zero-order chi connectivity index (χ0) is 16.2. The second-order valence-electron chi connectivity index (χ2n) is 5.17. The molecule has 0 aliphatic rings. The van der Waals surface area contributed by atoms with Gasteiger partial charge in [-0.25, -0.2) is 5.43 Å². The molecule has 0 aliphatic heterocycles. The third-order valence-corrected chi connectivity index (χ3v) is 5.08. The number of thiophene rings is 1. The molecule has 1 N–H and O–H groups in total. The highest BCUT2D eigenvalue weighted by Crippen LogP contribution is 2.27. The lowest BCUT2D eigenvalue weighted by atomic mass is 10.0. The largest absolute Gasteiger partial charge is 0.273 e. The van der Waals surface area contributed by atoms with E-state index in [0.29, 0.717) is 6.42 Å². The van der Waals surface area contributed by atoms with Crippen molar-refractivity contribution in [2.75, 3.05) is 0 Å². The van der Waals surface area contributed by atoms with Gasteiger partial charge in [0.1, 0.15) is 0 Å². The fourth-order valence-corrected chi connectivity index (χ4v) is 3.61. The number of aryl methyl sites for hydroxylation is 1. The number of hydrogen-bond donors (Lipinski definition) is 1. The molecule has 3 nitrogen and oxygen atoms in total. The molecule has 0 fully saturated rings. The van der Waals surface area contributed by atoms with Crippen LogP contribution in [0.3, 0.4) is 0 Å². The van der Waals surface area contributed by atoms with Crippen molar-refractivity contribution in [3.63, 3.8) is 0 Å². The number of fused-ring (bicyclic) bond motifs is 1. The molecule has 2 aromatic carbocycles. The van der Waals surface area contributed by atoms with Crippen LogP contribution in [0.4, 0.5) is 0 Å². The van der Waals surface area contributed by atoms with Gasteiger partial charge in [0.05, 0.1) is 12.6 Å². The minimum Gasteiger partial charge on any atom is -0.273 e. The molecule has 5 heteroatoms. The maximum absolute atomic E-state index is 12.1. The van der Waals surface area contributed by atoms with Gasteiger partial charge >= 0.3 is 0 Å². The molecular formula is C18H15BrN2OS. The summed E-state index contributed by atoms with van der Waals surface area (Å²) in [4.78, 5) is 14.3. The molecule has 3 aromatic rings. The third-order valence-electron chi connectivity index (χ3n) is 3.45. The average molecular weight is 387 g/mol. The van der Waals surface area contributed by atoms with Gasteiger partial charge in [-0.15, -0.1) is 11.3 Å². The molecule has 0 bridgehead atoms. The van der Waals surface area contributed by atoms with E-state index >= 15 is 0 Å². The first-order chi connectivity index (χ1) is 11.1. The van der Waals surface area contributed by atoms with E-state index in [0.717, 1.165) is 25.7 Å². The highest BCUT2D eigenvalue weighted by atomic mass is 79.9. The van der Waals surface area contributed by atoms with Crippen molar-refractivity contribution in [3.8, 4) is 0 Å². The number of rotatable bonds is 4. The Morgan fingerprint density at radius 2 is 1.96 bits per heavy atom. The number of hydrogen-bond acceptors (Lipinski definition) is 3. The predicted molar refractivity (Wildman–Crippen MR) is 100 cm³/mol. The molecule has 3 rings (SSSR count). The van der Waals surface area contributed by atoms with Crippen LogP contribution in [0, 0.1) is 6.92 Å². The Morgan fingerprint density at radius 3 is 2.70 bits per heavy atom. The van der Waals surface area contributed by atoms with E-state index in [1.54, 1.807) is 17.6 Å². The second-order valence-corrected chi connectivity index (χ2v) is 7.34. The summed E-state index contributed by atoms with van der Waals surface area (Å²) in [5, 5.41) is 6.21. The van der Waals surface area contributed by atoms with E-state index in [2.05, 4.69) is 26.5 Å². The monoisotopic (exact) mass is 386 g/mol. The standard InChI is InChI=1S/C18H15BrN2OS/c1-12-6-8-14(23-12)11-20-21-18(22)10-13-7-9-17(19)16-5-3-2-4-15(13)16/h2-9,11H,10H2,1H3,(H,21,22). The van der Waals surface area contributed by atoms with E-state index in [1.165, 1.54) is 4.88 Å². The van der Waals surface area contributed by atoms with Crippen molar-refractivity contribution >= 4 is 50.2 Å². The Morgan fingerprint density at radius 1 is 1.17 bits per heavy atom. The molecular weight excluding hydrogens is 372 g/mol. The summed E-state index contributed by atoms with van der Waals surface area (Å²) >= 11 is 5.19. The summed E-state index contributed by atoms with van der Waals surface area (Å²) in [6.07, 6.45) is 1.98. The minimum atomic E-state index is -0.123. The maximum Gasteiger partial charge on any atom is 0.244 e. The summed E-state index contributed by atoms with van der Waals surface area (Å²) in [6.45, 7) is 2.04. The quantitative estimate of drug-likeness (QED) is 0.513. The van der Waals surface area contributed by atoms with Crippen molar-refractivity contribution in [1.29, 1.82) is 0 Å². The molecule has 0 spiro atoms. The van der Waals surface area contributed by atoms with Gasteiger partial charge in [-0.1, -0.05) is 46.3 Å². The lowest BCUT2D eigenvalue weighted by Gasteiger charge is -2.07. The molecule has 1 heterocycles. The topological polar surface area (TPSA) is 41.5 Å². The van der Waals surface area contributed by atoms with Gasteiger partial charge in [0, 0.05) is 14.2 Å². The van der Waals surface area contributed by atoms with Crippen molar-refractivity contribution in [2.45, 2.75) is 13.3 Å². The van der Waals surface area contributed by atoms with E-state index in [4.69, 9.17) is 0 Å². The molecule has 1 amide bonds. The van der Waals surface area contributed by atoms with Crippen molar-refractivity contribution in [1.82, 2.24) is 5.43 Å². The zero-order valence-corrected chi connectivity index (χ0v) is 14.9. The van der Waals surface area contributed by atoms with Crippen LogP contribution in [-0.4, -0.2) is 12.1 Å². The normalized spacial score (nSPS) is 11.2. The summed E-state index contributed by atoms with van der Waals surface area (Å²) in [5.74, 6) is -0.123. The lowest BCUT2D eigenvalue weighted by Crippen LogP contribution is -2.19. The van der Waals surface area contributed by atoms with Crippen molar-refractivity contribution < 1.29 is 4.79 Å². The molecule has 1 aromatic heterocycles. The maximum atomic E-state index is 12.1. The fourth-order valence-electron chi connectivity index (χ4n) is 2.38. The summed E-state index contributed by atoms with van der Waals surface area (Å²) in [5.41, 5.74) is 3.58. The Hall–Kier alpha value is -1.98. The number of nitrogens with zero attached hydrogens (tertiary/aromatic N) is 1.